The lowest BCUT2D eigenvalue weighted by atomic mass is 9.86. The summed E-state index contributed by atoms with van der Waals surface area (Å²) in [5, 5.41) is 10.4. The zero-order chi connectivity index (χ0) is 42.2. The van der Waals surface area contributed by atoms with Crippen LogP contribution in [-0.4, -0.2) is 234 Å². The molecule has 4 amide bonds. The number of nitrogens with one attached hydrogen (secondary N) is 4. The van der Waals surface area contributed by atoms with Crippen molar-refractivity contribution in [2.75, 3.05) is 135 Å². The van der Waals surface area contributed by atoms with E-state index in [1.807, 2.05) is 0 Å². The highest BCUT2D eigenvalue weighted by molar-refractivity contribution is 6.12. The van der Waals surface area contributed by atoms with Crippen molar-refractivity contribution in [3.05, 3.63) is 0 Å². The molecule has 0 aromatic rings. The lowest BCUT2D eigenvalue weighted by molar-refractivity contribution is -0.123. The van der Waals surface area contributed by atoms with Crippen LogP contribution in [0.25, 0.3) is 0 Å². The van der Waals surface area contributed by atoms with E-state index in [4.69, 9.17) is 50.3 Å². The van der Waals surface area contributed by atoms with Crippen molar-refractivity contribution in [3.8, 4) is 0 Å². The molecule has 56 heavy (non-hydrogen) atoms. The third-order valence-electron chi connectivity index (χ3n) is 10.2. The molecule has 0 aromatic heterocycles. The number of hydrogen-bond acceptors (Lipinski definition) is 12. The molecule has 8 atom stereocenters. The van der Waals surface area contributed by atoms with Crippen molar-refractivity contribution in [1.82, 2.24) is 40.9 Å². The Kier molecular flexibility index (Phi) is 26.9. The lowest BCUT2D eigenvalue weighted by Gasteiger charge is -2.22. The molecule has 0 bridgehead atoms. The second-order valence-electron chi connectivity index (χ2n) is 14.8. The van der Waals surface area contributed by atoms with Crippen molar-refractivity contribution in [2.45, 2.75) is 73.1 Å². The standard InChI is InChI=1S/4C9H17BN2O2/c4*1-11-9(13)5-12-4-7(10)3-8(12)6-14-2/h4*7-8H,3-6H2,1-2H3,(H,11,13)/t4*7-,8-/m0000/s1. The van der Waals surface area contributed by atoms with Crippen LogP contribution in [0.3, 0.4) is 0 Å². The molecule has 4 fully saturated rings. The van der Waals surface area contributed by atoms with Crippen molar-refractivity contribution in [2.24, 2.45) is 0 Å². The van der Waals surface area contributed by atoms with Gasteiger partial charge in [-0.3, -0.25) is 38.8 Å². The maximum absolute atomic E-state index is 11.2. The fourth-order valence-corrected chi connectivity index (χ4v) is 7.39. The summed E-state index contributed by atoms with van der Waals surface area (Å²) in [6, 6.07) is 1.14. The van der Waals surface area contributed by atoms with E-state index in [0.29, 0.717) is 52.6 Å². The van der Waals surface area contributed by atoms with E-state index < -0.39 is 0 Å². The zero-order valence-corrected chi connectivity index (χ0v) is 35.3. The van der Waals surface area contributed by atoms with Gasteiger partial charge in [-0.2, -0.15) is 0 Å². The van der Waals surface area contributed by atoms with Crippen molar-refractivity contribution < 1.29 is 38.1 Å². The summed E-state index contributed by atoms with van der Waals surface area (Å²) in [5.41, 5.74) is 0. The zero-order valence-electron chi connectivity index (χ0n) is 35.3. The van der Waals surface area contributed by atoms with Crippen LogP contribution in [0.2, 0.25) is 23.3 Å². The highest BCUT2D eigenvalue weighted by Crippen LogP contribution is 2.27. The Labute approximate surface area is 341 Å². The number of hydrogen-bond donors (Lipinski definition) is 4. The van der Waals surface area contributed by atoms with Gasteiger partial charge in [-0.1, -0.05) is 23.3 Å². The minimum Gasteiger partial charge on any atom is -0.383 e. The average Bonchev–Trinajstić information content (AvgIpc) is 3.90. The van der Waals surface area contributed by atoms with Gasteiger partial charge in [-0.05, 0) is 51.9 Å². The summed E-state index contributed by atoms with van der Waals surface area (Å²) in [6.07, 6.45) is 3.63. The third kappa shape index (κ3) is 20.0. The first kappa shape index (κ1) is 51.8. The molecular formula is C36H68B4N8O8. The molecule has 0 unspecified atom stereocenters. The Morgan fingerprint density at radius 1 is 0.429 bits per heavy atom. The van der Waals surface area contributed by atoms with E-state index >= 15 is 0 Å². The molecule has 0 saturated carbocycles. The molecule has 4 rings (SSSR count). The van der Waals surface area contributed by atoms with Crippen LogP contribution in [0.15, 0.2) is 0 Å². The summed E-state index contributed by atoms with van der Waals surface area (Å²) in [4.78, 5) is 53.1. The van der Waals surface area contributed by atoms with Gasteiger partial charge in [0, 0.05) is 80.8 Å². The van der Waals surface area contributed by atoms with Gasteiger partial charge in [0.1, 0.15) is 0 Å². The first-order valence-corrected chi connectivity index (χ1v) is 19.4. The fourth-order valence-electron chi connectivity index (χ4n) is 7.39. The maximum atomic E-state index is 11.2. The average molecular weight is 784 g/mol. The molecule has 16 nitrogen and oxygen atoms in total. The van der Waals surface area contributed by atoms with Crippen LogP contribution in [0.5, 0.6) is 0 Å². The van der Waals surface area contributed by atoms with Gasteiger partial charge in [0.15, 0.2) is 0 Å². The van der Waals surface area contributed by atoms with E-state index in [0.717, 1.165) is 51.9 Å². The Hall–Kier alpha value is -2.18. The molecule has 0 spiro atoms. The first-order valence-electron chi connectivity index (χ1n) is 19.4. The molecule has 0 aromatic carbocycles. The van der Waals surface area contributed by atoms with Gasteiger partial charge in [0.2, 0.25) is 23.6 Å². The Morgan fingerprint density at radius 2 is 0.607 bits per heavy atom. The van der Waals surface area contributed by atoms with Gasteiger partial charge in [0.05, 0.1) is 84.0 Å². The van der Waals surface area contributed by atoms with Crippen molar-refractivity contribution in [1.29, 1.82) is 0 Å². The third-order valence-corrected chi connectivity index (χ3v) is 10.2. The van der Waals surface area contributed by atoms with Crippen LogP contribution in [0.1, 0.15) is 25.7 Å². The highest BCUT2D eigenvalue weighted by Gasteiger charge is 2.33. The molecule has 4 heterocycles. The summed E-state index contributed by atoms with van der Waals surface area (Å²) in [7, 11) is 36.6. The number of methoxy groups -OCH3 is 4. The minimum atomic E-state index is 0.0280. The van der Waals surface area contributed by atoms with E-state index in [9.17, 15) is 19.2 Å². The summed E-state index contributed by atoms with van der Waals surface area (Å²) in [5.74, 6) is 0.778. The number of ether oxygens (including phenoxy) is 4. The molecule has 4 saturated heterocycles. The van der Waals surface area contributed by atoms with Crippen LogP contribution < -0.4 is 21.3 Å². The number of carbonyl (C=O) groups excluding carboxylic acids is 4. The molecule has 4 aliphatic heterocycles. The predicted molar refractivity (Wildman–Crippen MR) is 222 cm³/mol. The smallest absolute Gasteiger partial charge is 0.233 e. The molecule has 312 valence electrons. The number of carbonyl (C=O) groups is 4. The van der Waals surface area contributed by atoms with E-state index in [2.05, 4.69) is 40.9 Å². The van der Waals surface area contributed by atoms with Crippen LogP contribution in [0, 0.1) is 0 Å². The predicted octanol–water partition coefficient (Wildman–Crippen LogP) is -2.36. The number of rotatable bonds is 16. The molecule has 20 heteroatoms. The van der Waals surface area contributed by atoms with Gasteiger partial charge in [0.25, 0.3) is 0 Å². The quantitative estimate of drug-likeness (QED) is 0.123. The second kappa shape index (κ2) is 29.1. The van der Waals surface area contributed by atoms with E-state index in [1.54, 1.807) is 56.6 Å². The summed E-state index contributed by atoms with van der Waals surface area (Å²) >= 11 is 0. The number of likely N-dealkylation sites (tertiary alicyclic amines) is 4. The Morgan fingerprint density at radius 3 is 0.750 bits per heavy atom. The Bertz CT molecular complexity index is 973. The normalized spacial score (nSPS) is 27.9. The molecule has 4 N–H and O–H groups in total. The van der Waals surface area contributed by atoms with Crippen LogP contribution in [0.4, 0.5) is 0 Å². The number of likely N-dealkylation sites (N-methyl/N-ethyl adjacent to an activating group) is 4. The molecule has 0 aliphatic carbocycles. The van der Waals surface area contributed by atoms with E-state index in [1.165, 1.54) is 0 Å². The van der Waals surface area contributed by atoms with Crippen molar-refractivity contribution >= 4 is 55.0 Å². The van der Waals surface area contributed by atoms with Gasteiger partial charge < -0.3 is 40.2 Å². The maximum Gasteiger partial charge on any atom is 0.233 e. The second-order valence-corrected chi connectivity index (χ2v) is 14.8. The fraction of sp³-hybridized carbons (Fsp3) is 0.889. The van der Waals surface area contributed by atoms with Crippen LogP contribution in [-0.2, 0) is 38.1 Å². The number of nitrogens with zero attached hydrogens (tertiary/aromatic N) is 4. The molecular weight excluding hydrogens is 716 g/mol. The monoisotopic (exact) mass is 785 g/mol. The van der Waals surface area contributed by atoms with Gasteiger partial charge in [-0.25, -0.2) is 0 Å². The summed E-state index contributed by atoms with van der Waals surface area (Å²) < 4.78 is 20.4. The highest BCUT2D eigenvalue weighted by atomic mass is 16.5. The van der Waals surface area contributed by atoms with Gasteiger partial charge >= 0.3 is 0 Å². The first-order chi connectivity index (χ1) is 26.7. The molecule has 4 aliphatic rings. The SMILES string of the molecule is [B][C@H]1C[C@@H](COC)N(CC(=O)NC)C1.[B][C@H]1C[C@@H](COC)N(CC(=O)NC)C1.[B][C@H]1C[C@@H](COC)N(CC(=O)NC)C1.[B][C@H]1C[C@@H](COC)N(CC(=O)NC)C1. The van der Waals surface area contributed by atoms with Gasteiger partial charge in [-0.15, -0.1) is 0 Å². The van der Waals surface area contributed by atoms with Crippen LogP contribution >= 0.6 is 0 Å². The lowest BCUT2D eigenvalue weighted by Crippen LogP contribution is -2.40. The minimum absolute atomic E-state index is 0.0280. The summed E-state index contributed by atoms with van der Waals surface area (Å²) in [6.45, 7) is 7.35. The number of amides is 4. The van der Waals surface area contributed by atoms with Crippen molar-refractivity contribution in [3.63, 3.8) is 0 Å². The largest absolute Gasteiger partial charge is 0.383 e. The Balaban J connectivity index is 0.000000373. The topological polar surface area (TPSA) is 166 Å². The van der Waals surface area contributed by atoms with E-state index in [-0.39, 0.29) is 71.1 Å². The molecule has 8 radical (unpaired) electrons.